The molecule has 0 aliphatic heterocycles. The maximum absolute atomic E-state index is 4.25. The molecule has 1 heterocycles. The fourth-order valence-corrected chi connectivity index (χ4v) is 2.72. The molecule has 2 bridgehead atoms. The Morgan fingerprint density at radius 1 is 1.46 bits per heavy atom. The Kier molecular flexibility index (Phi) is 1.40. The fourth-order valence-electron chi connectivity index (χ4n) is 2.72. The Morgan fingerprint density at radius 3 is 2.92 bits per heavy atom. The number of aromatic amines is 1. The molecule has 1 aromatic heterocycles. The number of hydrogen-bond donors (Lipinski definition) is 1. The van der Waals surface area contributed by atoms with Crippen LogP contribution in [0, 0.1) is 18.8 Å². The van der Waals surface area contributed by atoms with Gasteiger partial charge in [0.1, 0.15) is 5.82 Å². The highest BCUT2D eigenvalue weighted by Gasteiger charge is 2.33. The van der Waals surface area contributed by atoms with Crippen molar-refractivity contribution in [2.75, 3.05) is 0 Å². The van der Waals surface area contributed by atoms with Crippen LogP contribution in [0.3, 0.4) is 0 Å². The lowest BCUT2D eigenvalue weighted by atomic mass is 9.96. The number of hydrogen-bond acceptors (Lipinski definition) is 1. The van der Waals surface area contributed by atoms with Crippen molar-refractivity contribution in [2.24, 2.45) is 11.8 Å². The molecule has 0 amide bonds. The molecule has 0 saturated heterocycles. The van der Waals surface area contributed by atoms with Crippen LogP contribution >= 0.6 is 0 Å². The van der Waals surface area contributed by atoms with Gasteiger partial charge in [0.25, 0.3) is 0 Å². The summed E-state index contributed by atoms with van der Waals surface area (Å²) in [7, 11) is 0. The highest BCUT2D eigenvalue weighted by Crippen LogP contribution is 2.47. The van der Waals surface area contributed by atoms with Gasteiger partial charge < -0.3 is 4.98 Å². The highest BCUT2D eigenvalue weighted by atomic mass is 14.9. The minimum Gasteiger partial charge on any atom is -0.343 e. The summed E-state index contributed by atoms with van der Waals surface area (Å²) >= 11 is 0. The van der Waals surface area contributed by atoms with Crippen molar-refractivity contribution in [3.8, 4) is 0 Å². The van der Waals surface area contributed by atoms with Gasteiger partial charge in [0.15, 0.2) is 0 Å². The third-order valence-electron chi connectivity index (χ3n) is 3.34. The van der Waals surface area contributed by atoms with E-state index in [2.05, 4.69) is 16.0 Å². The minimum atomic E-state index is 0.824. The maximum atomic E-state index is 4.25. The van der Waals surface area contributed by atoms with Gasteiger partial charge in [-0.1, -0.05) is 6.08 Å². The van der Waals surface area contributed by atoms with Crippen LogP contribution in [0.15, 0.2) is 12.3 Å². The van der Waals surface area contributed by atoms with Crippen LogP contribution < -0.4 is 0 Å². The molecule has 2 heteroatoms. The second-order valence-electron chi connectivity index (χ2n) is 4.27. The molecule has 3 rings (SSSR count). The van der Waals surface area contributed by atoms with Gasteiger partial charge in [-0.25, -0.2) is 4.98 Å². The van der Waals surface area contributed by atoms with E-state index in [0.29, 0.717) is 0 Å². The second-order valence-corrected chi connectivity index (χ2v) is 4.27. The number of fused-ring (bicyclic) bond motifs is 2. The largest absolute Gasteiger partial charge is 0.343 e. The Bertz CT molecular complexity index is 362. The summed E-state index contributed by atoms with van der Waals surface area (Å²) in [5.41, 5.74) is 2.78. The minimum absolute atomic E-state index is 0.824. The number of aromatic nitrogens is 2. The van der Waals surface area contributed by atoms with E-state index in [1.54, 1.807) is 0 Å². The number of H-pyrrole nitrogens is 1. The number of nitrogens with one attached hydrogen (secondary N) is 1. The van der Waals surface area contributed by atoms with Crippen molar-refractivity contribution < 1.29 is 0 Å². The molecule has 0 radical (unpaired) electrons. The SMILES string of the molecule is Cc1ncc(C2=CC3CCC2C3)[nH]1. The summed E-state index contributed by atoms with van der Waals surface area (Å²) in [6.45, 7) is 2.01. The Labute approximate surface area is 78.1 Å². The van der Waals surface area contributed by atoms with E-state index in [1.807, 2.05) is 13.1 Å². The summed E-state index contributed by atoms with van der Waals surface area (Å²) in [5.74, 6) is 2.71. The van der Waals surface area contributed by atoms with Crippen LogP contribution in [0.4, 0.5) is 0 Å². The third kappa shape index (κ3) is 1.05. The lowest BCUT2D eigenvalue weighted by Gasteiger charge is -2.10. The summed E-state index contributed by atoms with van der Waals surface area (Å²) < 4.78 is 0. The zero-order valence-corrected chi connectivity index (χ0v) is 7.88. The Balaban J connectivity index is 1.98. The Hall–Kier alpha value is -1.05. The molecule has 1 N–H and O–H groups in total. The van der Waals surface area contributed by atoms with Crippen LogP contribution in [-0.4, -0.2) is 9.97 Å². The van der Waals surface area contributed by atoms with Gasteiger partial charge in [-0.2, -0.15) is 0 Å². The second kappa shape index (κ2) is 2.47. The quantitative estimate of drug-likeness (QED) is 0.696. The van der Waals surface area contributed by atoms with Crippen LogP contribution in [0.5, 0.6) is 0 Å². The molecule has 0 spiro atoms. The first-order valence-corrected chi connectivity index (χ1v) is 5.06. The van der Waals surface area contributed by atoms with Crippen molar-refractivity contribution in [1.82, 2.24) is 9.97 Å². The Morgan fingerprint density at radius 2 is 2.38 bits per heavy atom. The van der Waals surface area contributed by atoms with Gasteiger partial charge in [0, 0.05) is 0 Å². The van der Waals surface area contributed by atoms with Crippen molar-refractivity contribution >= 4 is 5.57 Å². The standard InChI is InChI=1S/C11H14N2/c1-7-12-6-11(13-7)10-5-8-2-3-9(10)4-8/h5-6,8-9H,2-4H2,1H3,(H,12,13). The van der Waals surface area contributed by atoms with Gasteiger partial charge in [-0.3, -0.25) is 0 Å². The summed E-state index contributed by atoms with van der Waals surface area (Å²) in [5, 5.41) is 0. The van der Waals surface area contributed by atoms with Gasteiger partial charge in [-0.05, 0) is 43.6 Å². The van der Waals surface area contributed by atoms with E-state index in [-0.39, 0.29) is 0 Å². The molecular weight excluding hydrogens is 160 g/mol. The predicted molar refractivity (Wildman–Crippen MR) is 52.1 cm³/mol. The smallest absolute Gasteiger partial charge is 0.103 e. The molecule has 2 nitrogen and oxygen atoms in total. The molecule has 2 aliphatic carbocycles. The van der Waals surface area contributed by atoms with Crippen LogP contribution in [0.25, 0.3) is 5.57 Å². The van der Waals surface area contributed by atoms with Gasteiger partial charge >= 0.3 is 0 Å². The first-order chi connectivity index (χ1) is 6.33. The number of allylic oxidation sites excluding steroid dienone is 2. The third-order valence-corrected chi connectivity index (χ3v) is 3.34. The van der Waals surface area contributed by atoms with E-state index in [4.69, 9.17) is 0 Å². The normalized spacial score (nSPS) is 31.0. The number of rotatable bonds is 1. The van der Waals surface area contributed by atoms with Gasteiger partial charge in [0.2, 0.25) is 0 Å². The van der Waals surface area contributed by atoms with E-state index in [9.17, 15) is 0 Å². The molecule has 0 aromatic carbocycles. The lowest BCUT2D eigenvalue weighted by Crippen LogP contribution is -1.96. The lowest BCUT2D eigenvalue weighted by molar-refractivity contribution is 0.694. The van der Waals surface area contributed by atoms with Crippen LogP contribution in [0.2, 0.25) is 0 Å². The topological polar surface area (TPSA) is 28.7 Å². The van der Waals surface area contributed by atoms with Gasteiger partial charge in [-0.15, -0.1) is 0 Å². The predicted octanol–water partition coefficient (Wildman–Crippen LogP) is 2.53. The van der Waals surface area contributed by atoms with E-state index in [0.717, 1.165) is 17.7 Å². The van der Waals surface area contributed by atoms with E-state index in [1.165, 1.54) is 30.5 Å². The zero-order chi connectivity index (χ0) is 8.84. The molecule has 68 valence electrons. The van der Waals surface area contributed by atoms with Crippen molar-refractivity contribution in [2.45, 2.75) is 26.2 Å². The zero-order valence-electron chi connectivity index (χ0n) is 7.88. The monoisotopic (exact) mass is 174 g/mol. The molecule has 2 aliphatic rings. The average Bonchev–Trinajstić information content (AvgIpc) is 2.77. The van der Waals surface area contributed by atoms with Crippen molar-refractivity contribution in [1.29, 1.82) is 0 Å². The van der Waals surface area contributed by atoms with Crippen molar-refractivity contribution in [3.63, 3.8) is 0 Å². The van der Waals surface area contributed by atoms with Crippen LogP contribution in [-0.2, 0) is 0 Å². The first kappa shape index (κ1) is 7.36. The molecule has 1 saturated carbocycles. The summed E-state index contributed by atoms with van der Waals surface area (Å²) in [6, 6.07) is 0. The summed E-state index contributed by atoms with van der Waals surface area (Å²) in [6.07, 6.45) is 8.59. The van der Waals surface area contributed by atoms with Crippen LogP contribution in [0.1, 0.15) is 30.8 Å². The highest BCUT2D eigenvalue weighted by molar-refractivity contribution is 5.67. The van der Waals surface area contributed by atoms with Gasteiger partial charge in [0.05, 0.1) is 11.9 Å². The molecule has 1 aromatic rings. The van der Waals surface area contributed by atoms with E-state index < -0.39 is 0 Å². The molecule has 2 atom stereocenters. The fraction of sp³-hybridized carbons (Fsp3) is 0.545. The average molecular weight is 174 g/mol. The van der Waals surface area contributed by atoms with Crippen molar-refractivity contribution in [3.05, 3.63) is 23.8 Å². The van der Waals surface area contributed by atoms with E-state index >= 15 is 0 Å². The molecule has 2 unspecified atom stereocenters. The number of nitrogens with zero attached hydrogens (tertiary/aromatic N) is 1. The molecule has 13 heavy (non-hydrogen) atoms. The molecule has 1 fully saturated rings. The molecular formula is C11H14N2. The summed E-state index contributed by atoms with van der Waals surface area (Å²) in [4.78, 5) is 7.57. The maximum Gasteiger partial charge on any atom is 0.103 e. The first-order valence-electron chi connectivity index (χ1n) is 5.06. The number of aryl methyl sites for hydroxylation is 1. The number of imidazole rings is 1.